The monoisotopic (exact) mass is 380 g/mol. The lowest BCUT2D eigenvalue weighted by Crippen LogP contribution is -2.45. The Morgan fingerprint density at radius 1 is 1.11 bits per heavy atom. The number of benzene rings is 1. The molecule has 1 aliphatic carbocycles. The molecule has 3 aliphatic rings. The predicted molar refractivity (Wildman–Crippen MR) is 107 cm³/mol. The molecule has 0 radical (unpaired) electrons. The fourth-order valence-corrected chi connectivity index (χ4v) is 4.86. The number of likely N-dealkylation sites (tertiary alicyclic amines) is 1. The summed E-state index contributed by atoms with van der Waals surface area (Å²) >= 11 is 0. The smallest absolute Gasteiger partial charge is 0.237 e. The van der Waals surface area contributed by atoms with Crippen molar-refractivity contribution in [2.75, 3.05) is 24.5 Å². The third-order valence-electron chi connectivity index (χ3n) is 6.49. The van der Waals surface area contributed by atoms with Crippen LogP contribution in [0.5, 0.6) is 0 Å². The van der Waals surface area contributed by atoms with Gasteiger partial charge < -0.3 is 15.1 Å². The lowest BCUT2D eigenvalue weighted by Gasteiger charge is -2.31. The van der Waals surface area contributed by atoms with Crippen molar-refractivity contribution in [1.29, 1.82) is 5.26 Å². The van der Waals surface area contributed by atoms with Gasteiger partial charge in [-0.25, -0.2) is 0 Å². The van der Waals surface area contributed by atoms with Crippen molar-refractivity contribution in [3.05, 3.63) is 29.8 Å². The Morgan fingerprint density at radius 3 is 2.68 bits per heavy atom. The fraction of sp³-hybridized carbons (Fsp3) is 0.591. The number of para-hydroxylation sites is 1. The highest BCUT2D eigenvalue weighted by atomic mass is 16.2. The Bertz CT molecular complexity index is 779. The normalized spacial score (nSPS) is 26.8. The Labute approximate surface area is 166 Å². The van der Waals surface area contributed by atoms with Gasteiger partial charge in [0, 0.05) is 30.7 Å². The van der Waals surface area contributed by atoms with Gasteiger partial charge in [0.05, 0.1) is 12.6 Å². The van der Waals surface area contributed by atoms with E-state index in [4.69, 9.17) is 5.26 Å². The maximum atomic E-state index is 13.0. The second kappa shape index (κ2) is 8.32. The molecule has 1 N–H and O–H groups in total. The van der Waals surface area contributed by atoms with Crippen LogP contribution in [0.3, 0.4) is 0 Å². The first-order valence-electron chi connectivity index (χ1n) is 10.5. The molecular formula is C22H28N4O2. The van der Waals surface area contributed by atoms with Gasteiger partial charge in [-0.05, 0) is 56.6 Å². The summed E-state index contributed by atoms with van der Waals surface area (Å²) in [7, 11) is 0. The van der Waals surface area contributed by atoms with E-state index in [2.05, 4.69) is 17.5 Å². The maximum absolute atomic E-state index is 13.0. The number of rotatable bonds is 4. The summed E-state index contributed by atoms with van der Waals surface area (Å²) in [6.45, 7) is 1.78. The van der Waals surface area contributed by atoms with Crippen molar-refractivity contribution in [3.63, 3.8) is 0 Å². The number of nitrogens with one attached hydrogen (secondary N) is 1. The van der Waals surface area contributed by atoms with Gasteiger partial charge in [0.15, 0.2) is 0 Å². The van der Waals surface area contributed by atoms with E-state index in [1.54, 1.807) is 4.90 Å². The summed E-state index contributed by atoms with van der Waals surface area (Å²) in [6, 6.07) is 10.4. The topological polar surface area (TPSA) is 76.4 Å². The Hall–Kier alpha value is -2.39. The van der Waals surface area contributed by atoms with Crippen molar-refractivity contribution in [2.24, 2.45) is 5.92 Å². The molecule has 2 heterocycles. The predicted octanol–water partition coefficient (Wildman–Crippen LogP) is 2.24. The Balaban J connectivity index is 1.24. The average molecular weight is 380 g/mol. The van der Waals surface area contributed by atoms with E-state index in [1.165, 1.54) is 5.56 Å². The molecule has 1 saturated carbocycles. The van der Waals surface area contributed by atoms with E-state index in [1.807, 2.05) is 23.1 Å². The molecule has 6 nitrogen and oxygen atoms in total. The van der Waals surface area contributed by atoms with Crippen molar-refractivity contribution in [2.45, 2.75) is 57.0 Å². The van der Waals surface area contributed by atoms with Crippen molar-refractivity contribution in [3.8, 4) is 6.07 Å². The van der Waals surface area contributed by atoms with Gasteiger partial charge in [-0.3, -0.25) is 9.59 Å². The lowest BCUT2D eigenvalue weighted by molar-refractivity contribution is -0.130. The molecule has 148 valence electrons. The van der Waals surface area contributed by atoms with Gasteiger partial charge in [0.1, 0.15) is 6.04 Å². The van der Waals surface area contributed by atoms with Gasteiger partial charge in [-0.2, -0.15) is 5.26 Å². The van der Waals surface area contributed by atoms with Crippen LogP contribution in [0.2, 0.25) is 0 Å². The standard InChI is InChI=1S/C22H28N4O2/c23-14-19-5-3-12-25(19)21(27)15-24-18-9-7-17(8-10-18)22(28)26-13-11-16-4-1-2-6-20(16)26/h1-2,4,6,17-19,24H,3,5,7-13,15H2/t17?,18?,19-/m0/s1. The zero-order valence-corrected chi connectivity index (χ0v) is 16.3. The number of nitriles is 1. The second-order valence-corrected chi connectivity index (χ2v) is 8.17. The van der Waals surface area contributed by atoms with Crippen molar-refractivity contribution >= 4 is 17.5 Å². The van der Waals surface area contributed by atoms with Crippen LogP contribution in [0.4, 0.5) is 5.69 Å². The number of nitrogens with zero attached hydrogens (tertiary/aromatic N) is 3. The number of hydrogen-bond donors (Lipinski definition) is 1. The zero-order valence-electron chi connectivity index (χ0n) is 16.3. The van der Waals surface area contributed by atoms with Gasteiger partial charge in [-0.1, -0.05) is 18.2 Å². The first-order valence-corrected chi connectivity index (χ1v) is 10.5. The summed E-state index contributed by atoms with van der Waals surface area (Å²) < 4.78 is 0. The van der Waals surface area contributed by atoms with Crippen LogP contribution in [0, 0.1) is 17.2 Å². The van der Waals surface area contributed by atoms with Crippen LogP contribution in [0.25, 0.3) is 0 Å². The quantitative estimate of drug-likeness (QED) is 0.869. The minimum Gasteiger partial charge on any atom is -0.326 e. The van der Waals surface area contributed by atoms with E-state index in [0.29, 0.717) is 13.1 Å². The van der Waals surface area contributed by atoms with E-state index in [9.17, 15) is 9.59 Å². The van der Waals surface area contributed by atoms with E-state index >= 15 is 0 Å². The molecular weight excluding hydrogens is 352 g/mol. The minimum atomic E-state index is -0.258. The van der Waals surface area contributed by atoms with E-state index in [-0.39, 0.29) is 29.8 Å². The number of fused-ring (bicyclic) bond motifs is 1. The summed E-state index contributed by atoms with van der Waals surface area (Å²) in [4.78, 5) is 29.0. The van der Waals surface area contributed by atoms with Gasteiger partial charge in [-0.15, -0.1) is 0 Å². The summed E-state index contributed by atoms with van der Waals surface area (Å²) in [6.07, 6.45) is 6.22. The number of carbonyl (C=O) groups excluding carboxylic acids is 2. The van der Waals surface area contributed by atoms with Crippen LogP contribution in [0.15, 0.2) is 24.3 Å². The number of amides is 2. The molecule has 1 saturated heterocycles. The molecule has 0 unspecified atom stereocenters. The highest BCUT2D eigenvalue weighted by Crippen LogP contribution is 2.32. The first-order chi connectivity index (χ1) is 13.7. The molecule has 4 rings (SSSR count). The van der Waals surface area contributed by atoms with Crippen LogP contribution in [-0.4, -0.2) is 48.4 Å². The highest BCUT2D eigenvalue weighted by molar-refractivity contribution is 5.97. The molecule has 2 amide bonds. The summed E-state index contributed by atoms with van der Waals surface area (Å²) in [5, 5.41) is 12.5. The molecule has 1 atom stereocenters. The highest BCUT2D eigenvalue weighted by Gasteiger charge is 2.33. The maximum Gasteiger partial charge on any atom is 0.237 e. The van der Waals surface area contributed by atoms with E-state index in [0.717, 1.165) is 57.2 Å². The molecule has 2 aliphatic heterocycles. The number of carbonyl (C=O) groups is 2. The average Bonchev–Trinajstić information content (AvgIpc) is 3.38. The third-order valence-corrected chi connectivity index (χ3v) is 6.49. The van der Waals surface area contributed by atoms with Crippen molar-refractivity contribution < 1.29 is 9.59 Å². The fourth-order valence-electron chi connectivity index (χ4n) is 4.86. The number of hydrogen-bond acceptors (Lipinski definition) is 4. The SMILES string of the molecule is N#C[C@@H]1CCCN1C(=O)CNC1CCC(C(=O)N2CCc3ccccc32)CC1. The van der Waals surface area contributed by atoms with Gasteiger partial charge in [0.2, 0.25) is 11.8 Å². The van der Waals surface area contributed by atoms with Crippen LogP contribution in [-0.2, 0) is 16.0 Å². The molecule has 0 bridgehead atoms. The van der Waals surface area contributed by atoms with Crippen molar-refractivity contribution in [1.82, 2.24) is 10.2 Å². The third kappa shape index (κ3) is 3.77. The molecule has 0 aromatic heterocycles. The zero-order chi connectivity index (χ0) is 19.5. The van der Waals surface area contributed by atoms with Crippen LogP contribution in [0.1, 0.15) is 44.1 Å². The van der Waals surface area contributed by atoms with Crippen LogP contribution >= 0.6 is 0 Å². The van der Waals surface area contributed by atoms with Gasteiger partial charge >= 0.3 is 0 Å². The number of anilines is 1. The molecule has 1 aromatic carbocycles. The van der Waals surface area contributed by atoms with E-state index < -0.39 is 0 Å². The second-order valence-electron chi connectivity index (χ2n) is 8.17. The molecule has 0 spiro atoms. The molecule has 1 aromatic rings. The Kier molecular flexibility index (Phi) is 5.63. The lowest BCUT2D eigenvalue weighted by atomic mass is 9.85. The largest absolute Gasteiger partial charge is 0.326 e. The van der Waals surface area contributed by atoms with Crippen LogP contribution < -0.4 is 10.2 Å². The summed E-state index contributed by atoms with van der Waals surface area (Å²) in [5.41, 5.74) is 2.35. The summed E-state index contributed by atoms with van der Waals surface area (Å²) in [5.74, 6) is 0.366. The first kappa shape index (κ1) is 18.9. The Morgan fingerprint density at radius 2 is 1.89 bits per heavy atom. The molecule has 28 heavy (non-hydrogen) atoms. The molecule has 6 heteroatoms. The minimum absolute atomic E-state index is 0.0240. The van der Waals surface area contributed by atoms with Gasteiger partial charge in [0.25, 0.3) is 0 Å². The molecule has 2 fully saturated rings.